The standard InChI is InChI=1S/C67H117NO13/c1-3-5-7-9-11-13-15-17-18-19-20-21-22-23-24-25-26-27-28-29-30-31-32-33-34-35-36-37-38-39-41-43-45-47-49-51-59(72)68-55(56(71)50-48-46-44-42-40-16-14-12-10-8-6-4-2)54-78-66-64(77)62(75)65(58(53-70)80-66)81-67-63(76)61(74)60(73)57(52-69)79-67/h5,7,11,13,17-18,20-21,23-24,26-27,29-30,55-58,60-67,69-71,73-77H,3-4,6,8-10,12,14-16,19,22,25,28,31-54H2,1-2H3,(H,68,72)/b7-5-,13-11-,18-17-,21-20-,24-23-,27-26-,30-29-. The van der Waals surface area contributed by atoms with E-state index in [0.717, 1.165) is 103 Å². The summed E-state index contributed by atoms with van der Waals surface area (Å²) < 4.78 is 22.8. The average Bonchev–Trinajstić information content (AvgIpc) is 3.46. The first-order valence-electron chi connectivity index (χ1n) is 32.3. The van der Waals surface area contributed by atoms with Crippen molar-refractivity contribution in [3.8, 4) is 0 Å². The van der Waals surface area contributed by atoms with Crippen molar-refractivity contribution in [3.05, 3.63) is 85.1 Å². The van der Waals surface area contributed by atoms with Crippen LogP contribution in [0.15, 0.2) is 85.1 Å². The van der Waals surface area contributed by atoms with E-state index in [-0.39, 0.29) is 12.5 Å². The maximum Gasteiger partial charge on any atom is 0.220 e. The molecule has 0 radical (unpaired) electrons. The Morgan fingerprint density at radius 2 is 0.852 bits per heavy atom. The summed E-state index contributed by atoms with van der Waals surface area (Å²) in [6, 6.07) is -0.832. The van der Waals surface area contributed by atoms with Crippen molar-refractivity contribution in [1.29, 1.82) is 0 Å². The van der Waals surface area contributed by atoms with Crippen molar-refractivity contribution in [2.75, 3.05) is 19.8 Å². The molecule has 2 rings (SSSR count). The molecule has 2 fully saturated rings. The highest BCUT2D eigenvalue weighted by Crippen LogP contribution is 2.30. The van der Waals surface area contributed by atoms with Crippen molar-refractivity contribution in [3.63, 3.8) is 0 Å². The number of hydrogen-bond acceptors (Lipinski definition) is 13. The van der Waals surface area contributed by atoms with Gasteiger partial charge in [0.25, 0.3) is 0 Å². The Balaban J connectivity index is 1.62. The number of unbranched alkanes of at least 4 members (excludes halogenated alkanes) is 24. The molecule has 0 aromatic rings. The fourth-order valence-electron chi connectivity index (χ4n) is 10.2. The fourth-order valence-corrected chi connectivity index (χ4v) is 10.2. The monoisotopic (exact) mass is 1140 g/mol. The van der Waals surface area contributed by atoms with Gasteiger partial charge in [-0.2, -0.15) is 0 Å². The van der Waals surface area contributed by atoms with Gasteiger partial charge in [0, 0.05) is 6.42 Å². The second-order valence-corrected chi connectivity index (χ2v) is 22.5. The van der Waals surface area contributed by atoms with Crippen molar-refractivity contribution in [2.24, 2.45) is 0 Å². The summed E-state index contributed by atoms with van der Waals surface area (Å²) in [4.78, 5) is 13.3. The molecule has 2 heterocycles. The molecule has 0 spiro atoms. The molecule has 0 aromatic carbocycles. The number of aliphatic hydroxyl groups is 8. The molecule has 14 heteroatoms. The molecule has 2 aliphatic heterocycles. The SMILES string of the molecule is CC/C=C\C/C=C\C/C=C\C/C=C\C/C=C\C/C=C\C/C=C\CCCCCCCCCCCCCCCC(=O)NC(COC1OC(CO)C(OC2OC(CO)C(O)C(O)C2O)C(O)C1O)C(O)CCCCCCCCCCCCCC. The van der Waals surface area contributed by atoms with Crippen LogP contribution in [-0.4, -0.2) is 140 Å². The zero-order valence-electron chi connectivity index (χ0n) is 50.5. The molecule has 0 bridgehead atoms. The van der Waals surface area contributed by atoms with Crippen molar-refractivity contribution < 1.29 is 64.6 Å². The highest BCUT2D eigenvalue weighted by atomic mass is 16.7. The van der Waals surface area contributed by atoms with E-state index in [1.807, 2.05) is 0 Å². The number of aliphatic hydroxyl groups excluding tert-OH is 8. The molecule has 9 N–H and O–H groups in total. The second kappa shape index (κ2) is 51.6. The molecule has 468 valence electrons. The Bertz CT molecular complexity index is 1680. The van der Waals surface area contributed by atoms with E-state index in [9.17, 15) is 45.6 Å². The van der Waals surface area contributed by atoms with Crippen LogP contribution >= 0.6 is 0 Å². The number of rotatable bonds is 51. The number of carbonyl (C=O) groups excluding carboxylic acids is 1. The maximum atomic E-state index is 13.3. The van der Waals surface area contributed by atoms with Crippen LogP contribution in [0.2, 0.25) is 0 Å². The van der Waals surface area contributed by atoms with Gasteiger partial charge in [-0.1, -0.05) is 247 Å². The normalized spacial score (nSPS) is 24.7. The van der Waals surface area contributed by atoms with Crippen LogP contribution in [0.1, 0.15) is 239 Å². The molecule has 0 aromatic heterocycles. The van der Waals surface area contributed by atoms with Crippen molar-refractivity contribution >= 4 is 5.91 Å². The first-order chi connectivity index (χ1) is 39.6. The van der Waals surface area contributed by atoms with Gasteiger partial charge in [0.1, 0.15) is 48.8 Å². The molecule has 2 aliphatic rings. The van der Waals surface area contributed by atoms with Gasteiger partial charge in [-0.25, -0.2) is 0 Å². The Hall–Kier alpha value is -2.83. The quantitative estimate of drug-likeness (QED) is 0.0204. The van der Waals surface area contributed by atoms with Crippen LogP contribution < -0.4 is 5.32 Å². The molecule has 12 unspecified atom stereocenters. The molecular formula is C67H117NO13. The second-order valence-electron chi connectivity index (χ2n) is 22.5. The Morgan fingerprint density at radius 3 is 1.31 bits per heavy atom. The number of amides is 1. The third kappa shape index (κ3) is 36.6. The maximum absolute atomic E-state index is 13.3. The fraction of sp³-hybridized carbons (Fsp3) is 0.776. The predicted octanol–water partition coefficient (Wildman–Crippen LogP) is 12.1. The van der Waals surface area contributed by atoms with Gasteiger partial charge in [0.05, 0.1) is 32.0 Å². The summed E-state index contributed by atoms with van der Waals surface area (Å²) in [5.41, 5.74) is 0. The van der Waals surface area contributed by atoms with Gasteiger partial charge in [-0.15, -0.1) is 0 Å². The largest absolute Gasteiger partial charge is 0.394 e. The van der Waals surface area contributed by atoms with Crippen LogP contribution in [0.4, 0.5) is 0 Å². The van der Waals surface area contributed by atoms with Gasteiger partial charge >= 0.3 is 0 Å². The molecular weight excluding hydrogens is 1030 g/mol. The number of allylic oxidation sites excluding steroid dienone is 14. The Kier molecular flexibility index (Phi) is 47.3. The lowest BCUT2D eigenvalue weighted by Crippen LogP contribution is -2.65. The van der Waals surface area contributed by atoms with E-state index in [2.05, 4.69) is 104 Å². The lowest BCUT2D eigenvalue weighted by atomic mass is 9.97. The zero-order valence-corrected chi connectivity index (χ0v) is 50.5. The van der Waals surface area contributed by atoms with Gasteiger partial charge in [-0.05, 0) is 70.6 Å². The van der Waals surface area contributed by atoms with E-state index in [1.165, 1.54) is 109 Å². The number of hydrogen-bond donors (Lipinski definition) is 9. The summed E-state index contributed by atoms with van der Waals surface area (Å²) >= 11 is 0. The zero-order chi connectivity index (χ0) is 58.8. The highest BCUT2D eigenvalue weighted by Gasteiger charge is 2.51. The van der Waals surface area contributed by atoms with E-state index >= 15 is 0 Å². The number of ether oxygens (including phenoxy) is 4. The minimum absolute atomic E-state index is 0.211. The molecule has 81 heavy (non-hydrogen) atoms. The Labute approximate surface area is 491 Å². The summed E-state index contributed by atoms with van der Waals surface area (Å²) in [6.45, 7) is 2.73. The van der Waals surface area contributed by atoms with Gasteiger partial charge in [0.2, 0.25) is 5.91 Å². The smallest absolute Gasteiger partial charge is 0.220 e. The lowest BCUT2D eigenvalue weighted by Gasteiger charge is -2.46. The van der Waals surface area contributed by atoms with Gasteiger partial charge in [-0.3, -0.25) is 4.79 Å². The Morgan fingerprint density at radius 1 is 0.457 bits per heavy atom. The van der Waals surface area contributed by atoms with E-state index in [0.29, 0.717) is 12.8 Å². The molecule has 14 nitrogen and oxygen atoms in total. The summed E-state index contributed by atoms with van der Waals surface area (Å²) in [7, 11) is 0. The molecule has 0 saturated carbocycles. The number of carbonyl (C=O) groups is 1. The van der Waals surface area contributed by atoms with Crippen LogP contribution in [0.3, 0.4) is 0 Å². The van der Waals surface area contributed by atoms with Crippen LogP contribution in [0.5, 0.6) is 0 Å². The summed E-state index contributed by atoms with van der Waals surface area (Å²) in [5, 5.41) is 87.2. The third-order valence-corrected chi connectivity index (χ3v) is 15.4. The van der Waals surface area contributed by atoms with E-state index in [1.54, 1.807) is 0 Å². The average molecular weight is 1140 g/mol. The number of nitrogens with one attached hydrogen (secondary N) is 1. The molecule has 12 atom stereocenters. The third-order valence-electron chi connectivity index (χ3n) is 15.4. The molecule has 2 saturated heterocycles. The minimum atomic E-state index is -1.78. The van der Waals surface area contributed by atoms with Gasteiger partial charge < -0.3 is 65.1 Å². The predicted molar refractivity (Wildman–Crippen MR) is 327 cm³/mol. The highest BCUT2D eigenvalue weighted by molar-refractivity contribution is 5.76. The van der Waals surface area contributed by atoms with Crippen LogP contribution in [0.25, 0.3) is 0 Å². The van der Waals surface area contributed by atoms with Crippen molar-refractivity contribution in [2.45, 2.75) is 312 Å². The summed E-state index contributed by atoms with van der Waals surface area (Å²) in [5.74, 6) is -0.211. The lowest BCUT2D eigenvalue weighted by molar-refractivity contribution is -0.359. The van der Waals surface area contributed by atoms with Gasteiger partial charge in [0.15, 0.2) is 12.6 Å². The minimum Gasteiger partial charge on any atom is -0.394 e. The van der Waals surface area contributed by atoms with Crippen molar-refractivity contribution in [1.82, 2.24) is 5.32 Å². The van der Waals surface area contributed by atoms with E-state index < -0.39 is 86.8 Å². The van der Waals surface area contributed by atoms with Crippen LogP contribution in [-0.2, 0) is 23.7 Å². The van der Waals surface area contributed by atoms with Crippen LogP contribution in [0, 0.1) is 0 Å². The molecule has 1 amide bonds. The first kappa shape index (κ1) is 74.3. The molecule has 0 aliphatic carbocycles. The first-order valence-corrected chi connectivity index (χ1v) is 32.3. The topological polar surface area (TPSA) is 228 Å². The van der Waals surface area contributed by atoms with E-state index in [4.69, 9.17) is 18.9 Å². The summed E-state index contributed by atoms with van der Waals surface area (Å²) in [6.07, 6.45) is 53.1.